The third-order valence-corrected chi connectivity index (χ3v) is 7.18. The van der Waals surface area contributed by atoms with Crippen LogP contribution in [0.15, 0.2) is 110 Å². The second-order valence-corrected chi connectivity index (χ2v) is 10.3. The first-order valence-corrected chi connectivity index (χ1v) is 15.0. The molecular formula is C40H38O8. The molecule has 4 rings (SSSR count). The van der Waals surface area contributed by atoms with E-state index in [4.69, 9.17) is 28.4 Å². The van der Waals surface area contributed by atoms with Crippen LogP contribution in [0.1, 0.15) is 31.8 Å². The van der Waals surface area contributed by atoms with E-state index >= 15 is 0 Å². The van der Waals surface area contributed by atoms with Gasteiger partial charge in [0, 0.05) is 22.3 Å². The molecule has 0 aliphatic carbocycles. The van der Waals surface area contributed by atoms with Crippen molar-refractivity contribution in [2.75, 3.05) is 41.7 Å². The largest absolute Gasteiger partial charge is 0.497 e. The Kier molecular flexibility index (Phi) is 12.4. The van der Waals surface area contributed by atoms with Crippen molar-refractivity contribution in [3.63, 3.8) is 0 Å². The van der Waals surface area contributed by atoms with E-state index in [0.717, 1.165) is 0 Å². The van der Waals surface area contributed by atoms with Crippen LogP contribution in [0.5, 0.6) is 34.5 Å². The van der Waals surface area contributed by atoms with Gasteiger partial charge < -0.3 is 28.4 Å². The number of ketones is 2. The number of rotatable bonds is 17. The first-order valence-electron chi connectivity index (χ1n) is 15.0. The fourth-order valence-corrected chi connectivity index (χ4v) is 4.77. The normalized spacial score (nSPS) is 10.8. The SMILES string of the molecule is C=CCOc1c(OC)cc(/C=C/C(=O)c2ccc(OC)cc2)cc1-c1cc(/C=C/C(=O)c2ccc(OC)cc2)cc(OC)c1OCC=C. The number of carbonyl (C=O) groups excluding carboxylic acids is 2. The summed E-state index contributed by atoms with van der Waals surface area (Å²) in [5.74, 6) is 2.66. The number of hydrogen-bond donors (Lipinski definition) is 0. The zero-order valence-electron chi connectivity index (χ0n) is 27.5. The van der Waals surface area contributed by atoms with Gasteiger partial charge in [-0.3, -0.25) is 9.59 Å². The van der Waals surface area contributed by atoms with Gasteiger partial charge in [0.25, 0.3) is 0 Å². The predicted octanol–water partition coefficient (Wildman–Crippen LogP) is 8.31. The molecule has 0 spiro atoms. The van der Waals surface area contributed by atoms with Gasteiger partial charge in [0.15, 0.2) is 34.6 Å². The molecule has 4 aromatic carbocycles. The van der Waals surface area contributed by atoms with Crippen LogP contribution in [0, 0.1) is 0 Å². The van der Waals surface area contributed by atoms with Crippen LogP contribution in [-0.4, -0.2) is 53.2 Å². The number of benzene rings is 4. The Hall–Kier alpha value is -6.02. The lowest BCUT2D eigenvalue weighted by molar-refractivity contribution is 0.103. The van der Waals surface area contributed by atoms with Crippen molar-refractivity contribution in [3.05, 3.63) is 133 Å². The van der Waals surface area contributed by atoms with Crippen LogP contribution in [0.3, 0.4) is 0 Å². The lowest BCUT2D eigenvalue weighted by Gasteiger charge is -2.20. The maximum atomic E-state index is 13.0. The highest BCUT2D eigenvalue weighted by atomic mass is 16.5. The van der Waals surface area contributed by atoms with Gasteiger partial charge in [-0.1, -0.05) is 37.5 Å². The fourth-order valence-electron chi connectivity index (χ4n) is 4.77. The minimum absolute atomic E-state index is 0.185. The van der Waals surface area contributed by atoms with Gasteiger partial charge in [0.1, 0.15) is 24.7 Å². The van der Waals surface area contributed by atoms with Gasteiger partial charge in [-0.15, -0.1) is 0 Å². The zero-order valence-corrected chi connectivity index (χ0v) is 27.5. The van der Waals surface area contributed by atoms with Crippen molar-refractivity contribution in [1.82, 2.24) is 0 Å². The highest BCUT2D eigenvalue weighted by Gasteiger charge is 2.22. The van der Waals surface area contributed by atoms with E-state index in [-0.39, 0.29) is 24.8 Å². The molecule has 0 saturated carbocycles. The smallest absolute Gasteiger partial charge is 0.185 e. The highest BCUT2D eigenvalue weighted by molar-refractivity contribution is 6.07. The van der Waals surface area contributed by atoms with Gasteiger partial charge >= 0.3 is 0 Å². The third-order valence-electron chi connectivity index (χ3n) is 7.18. The van der Waals surface area contributed by atoms with E-state index in [1.165, 1.54) is 26.4 Å². The summed E-state index contributed by atoms with van der Waals surface area (Å²) in [6, 6.07) is 21.0. The Morgan fingerprint density at radius 3 is 1.25 bits per heavy atom. The van der Waals surface area contributed by atoms with Gasteiger partial charge in [-0.25, -0.2) is 0 Å². The quantitative estimate of drug-likeness (QED) is 0.0643. The second-order valence-electron chi connectivity index (χ2n) is 10.3. The van der Waals surface area contributed by atoms with Crippen molar-refractivity contribution >= 4 is 23.7 Å². The minimum Gasteiger partial charge on any atom is -0.497 e. The van der Waals surface area contributed by atoms with Gasteiger partial charge in [-0.2, -0.15) is 0 Å². The average molecular weight is 647 g/mol. The fraction of sp³-hybridized carbons (Fsp3) is 0.150. The summed E-state index contributed by atoms with van der Waals surface area (Å²) in [6.07, 6.45) is 9.65. The molecule has 0 fully saturated rings. The molecule has 0 amide bonds. The minimum atomic E-state index is -0.185. The van der Waals surface area contributed by atoms with Crippen molar-refractivity contribution < 1.29 is 38.0 Å². The molecule has 4 aromatic rings. The molecule has 246 valence electrons. The van der Waals surface area contributed by atoms with Crippen molar-refractivity contribution in [3.8, 4) is 45.6 Å². The van der Waals surface area contributed by atoms with Crippen molar-refractivity contribution in [2.24, 2.45) is 0 Å². The monoisotopic (exact) mass is 646 g/mol. The molecule has 0 atom stereocenters. The Morgan fingerprint density at radius 2 is 0.938 bits per heavy atom. The first-order chi connectivity index (χ1) is 23.3. The van der Waals surface area contributed by atoms with Crippen LogP contribution in [0.2, 0.25) is 0 Å². The van der Waals surface area contributed by atoms with Crippen LogP contribution in [0.4, 0.5) is 0 Å². The summed E-state index contributed by atoms with van der Waals surface area (Å²) in [6.45, 7) is 7.97. The zero-order chi connectivity index (χ0) is 34.5. The van der Waals surface area contributed by atoms with Crippen molar-refractivity contribution in [1.29, 1.82) is 0 Å². The maximum absolute atomic E-state index is 13.0. The molecule has 8 heteroatoms. The van der Waals surface area contributed by atoms with Crippen molar-refractivity contribution in [2.45, 2.75) is 0 Å². The summed E-state index contributed by atoms with van der Waals surface area (Å²) in [5.41, 5.74) is 3.55. The van der Waals surface area contributed by atoms with Gasteiger partial charge in [0.05, 0.1) is 28.4 Å². The number of methoxy groups -OCH3 is 4. The van der Waals surface area contributed by atoms with E-state index in [0.29, 0.717) is 67.9 Å². The van der Waals surface area contributed by atoms with E-state index in [2.05, 4.69) is 13.2 Å². The van der Waals surface area contributed by atoms with Gasteiger partial charge in [0.2, 0.25) is 0 Å². The summed E-state index contributed by atoms with van der Waals surface area (Å²) >= 11 is 0. The average Bonchev–Trinajstić information content (AvgIpc) is 3.13. The Bertz CT molecular complexity index is 1680. The molecular weight excluding hydrogens is 608 g/mol. The number of carbonyl (C=O) groups is 2. The lowest BCUT2D eigenvalue weighted by Crippen LogP contribution is -2.03. The molecule has 8 nitrogen and oxygen atoms in total. The first kappa shape index (κ1) is 34.8. The topological polar surface area (TPSA) is 89.5 Å². The number of allylic oxidation sites excluding steroid dienone is 2. The summed E-state index contributed by atoms with van der Waals surface area (Å²) < 4.78 is 34.2. The van der Waals surface area contributed by atoms with E-state index in [9.17, 15) is 9.59 Å². The molecule has 0 unspecified atom stereocenters. The second kappa shape index (κ2) is 17.1. The Balaban J connectivity index is 1.84. The van der Waals surface area contributed by atoms with E-state index in [1.54, 1.807) is 99.2 Å². The number of ether oxygens (including phenoxy) is 6. The summed E-state index contributed by atoms with van der Waals surface area (Å²) in [7, 11) is 6.22. The maximum Gasteiger partial charge on any atom is 0.185 e. The van der Waals surface area contributed by atoms with Crippen LogP contribution < -0.4 is 28.4 Å². The highest BCUT2D eigenvalue weighted by Crippen LogP contribution is 2.47. The Morgan fingerprint density at radius 1 is 0.562 bits per heavy atom. The lowest BCUT2D eigenvalue weighted by atomic mass is 9.96. The van der Waals surface area contributed by atoms with Crippen LogP contribution in [-0.2, 0) is 0 Å². The molecule has 0 aromatic heterocycles. The predicted molar refractivity (Wildman–Crippen MR) is 189 cm³/mol. The molecule has 0 aliphatic rings. The van der Waals surface area contributed by atoms with Crippen LogP contribution >= 0.6 is 0 Å². The summed E-state index contributed by atoms with van der Waals surface area (Å²) in [4.78, 5) is 26.0. The molecule has 0 aliphatic heterocycles. The number of hydrogen-bond acceptors (Lipinski definition) is 8. The molecule has 0 heterocycles. The third kappa shape index (κ3) is 8.61. The Labute approximate surface area is 281 Å². The summed E-state index contributed by atoms with van der Waals surface area (Å²) in [5, 5.41) is 0. The molecule has 0 bridgehead atoms. The standard InChI is InChI=1S/C40H38O8/c1-7-21-47-39-33(23-27(25-37(39)45-5)9-19-35(41)29-11-15-31(43-3)16-12-29)34-24-28(26-38(46-6)40(34)48-22-8-2)10-20-36(42)30-13-17-32(44-4)18-14-30/h7-20,23-26H,1-2,21-22H2,3-6H3/b19-9+,20-10+. The molecule has 0 N–H and O–H groups in total. The molecule has 48 heavy (non-hydrogen) atoms. The molecule has 0 radical (unpaired) electrons. The van der Waals surface area contributed by atoms with Gasteiger partial charge in [-0.05, 0) is 96.1 Å². The van der Waals surface area contributed by atoms with E-state index < -0.39 is 0 Å². The van der Waals surface area contributed by atoms with E-state index in [1.807, 2.05) is 12.1 Å². The van der Waals surface area contributed by atoms with Crippen LogP contribution in [0.25, 0.3) is 23.3 Å². The molecule has 0 saturated heterocycles.